The first kappa shape index (κ1) is 23.6. The summed E-state index contributed by atoms with van der Waals surface area (Å²) in [5, 5.41) is 3.52. The van der Waals surface area contributed by atoms with E-state index in [4.69, 9.17) is 11.8 Å². The van der Waals surface area contributed by atoms with Gasteiger partial charge in [0.2, 0.25) is 0 Å². The van der Waals surface area contributed by atoms with Crippen LogP contribution in [0.2, 0.25) is 0 Å². The number of hydrogen-bond acceptors (Lipinski definition) is 4. The van der Waals surface area contributed by atoms with Gasteiger partial charge in [-0.3, -0.25) is 0 Å². The highest BCUT2D eigenvalue weighted by atomic mass is 35.5. The molecule has 31 heavy (non-hydrogen) atoms. The smallest absolute Gasteiger partial charge is 0.310 e. The quantitative estimate of drug-likeness (QED) is 0.528. The fourth-order valence-corrected chi connectivity index (χ4v) is 5.28. The molecule has 3 rings (SSSR count). The summed E-state index contributed by atoms with van der Waals surface area (Å²) < 4.78 is 27.7. The van der Waals surface area contributed by atoms with E-state index in [0.717, 1.165) is 22.3 Å². The molecule has 0 saturated heterocycles. The lowest BCUT2D eigenvalue weighted by molar-refractivity contribution is 0.254. The van der Waals surface area contributed by atoms with Crippen LogP contribution in [0.5, 0.6) is 0 Å². The van der Waals surface area contributed by atoms with Crippen LogP contribution >= 0.6 is 11.8 Å². The highest BCUT2D eigenvalue weighted by molar-refractivity contribution is 7.90. The molecule has 0 aromatic heterocycles. The van der Waals surface area contributed by atoms with Gasteiger partial charge in [-0.15, -0.1) is 0 Å². The molecule has 2 aromatic carbocycles. The zero-order valence-corrected chi connectivity index (χ0v) is 19.3. The van der Waals surface area contributed by atoms with E-state index < -0.39 is 16.1 Å². The van der Waals surface area contributed by atoms with Gasteiger partial charge in [-0.2, -0.15) is 0 Å². The molecule has 1 unspecified atom stereocenters. The molecule has 0 spiro atoms. The summed E-state index contributed by atoms with van der Waals surface area (Å²) in [6.45, 7) is 2.71. The molecule has 0 radical (unpaired) electrons. The normalized spacial score (nSPS) is 15.9. The Hall–Kier alpha value is -2.09. The van der Waals surface area contributed by atoms with Crippen LogP contribution in [-0.2, 0) is 16.6 Å². The van der Waals surface area contributed by atoms with Crippen LogP contribution < -0.4 is 14.5 Å². The second-order valence-electron chi connectivity index (χ2n) is 8.15. The fraction of sp³-hybridized carbons (Fsp3) is 0.435. The zero-order valence-electron chi connectivity index (χ0n) is 17.8. The molecule has 168 valence electrons. The van der Waals surface area contributed by atoms with Crippen molar-refractivity contribution in [3.05, 3.63) is 60.2 Å². The standard InChI is InChI=1S/C23H30ClN3O3S/c1-18(16-19-10-4-2-5-11-19)25-17-20-12-8-9-15-22(20)27(24)23(28)26-31(29,30)21-13-6-3-7-14-21/h3,6-9,12-15,18-19,25H,2,4-5,10-11,16-17H2,1H3,(H,26,28). The summed E-state index contributed by atoms with van der Waals surface area (Å²) in [7, 11) is -4.01. The Bertz CT molecular complexity index is 963. The van der Waals surface area contributed by atoms with Crippen LogP contribution in [0.25, 0.3) is 0 Å². The van der Waals surface area contributed by atoms with Gasteiger partial charge in [0.25, 0.3) is 10.0 Å². The molecule has 2 amide bonds. The largest absolute Gasteiger partial charge is 0.350 e. The van der Waals surface area contributed by atoms with Crippen LogP contribution in [-0.4, -0.2) is 20.5 Å². The lowest BCUT2D eigenvalue weighted by atomic mass is 9.85. The Labute approximate surface area is 190 Å². The van der Waals surface area contributed by atoms with Crippen LogP contribution in [0.15, 0.2) is 59.5 Å². The monoisotopic (exact) mass is 463 g/mol. The molecule has 1 atom stereocenters. The second-order valence-corrected chi connectivity index (χ2v) is 10.2. The third-order valence-electron chi connectivity index (χ3n) is 5.71. The highest BCUT2D eigenvalue weighted by Crippen LogP contribution is 2.28. The molecule has 8 heteroatoms. The number of nitrogens with zero attached hydrogens (tertiary/aromatic N) is 1. The van der Waals surface area contributed by atoms with E-state index >= 15 is 0 Å². The number of carbonyl (C=O) groups excluding carboxylic acids is 1. The second kappa shape index (κ2) is 11.0. The molecule has 2 aromatic rings. The van der Waals surface area contributed by atoms with Crippen LogP contribution in [0, 0.1) is 5.92 Å². The summed E-state index contributed by atoms with van der Waals surface area (Å²) in [5.74, 6) is 0.769. The topological polar surface area (TPSA) is 78.5 Å². The Morgan fingerprint density at radius 2 is 1.71 bits per heavy atom. The predicted octanol–water partition coefficient (Wildman–Crippen LogP) is 5.19. The van der Waals surface area contributed by atoms with Gasteiger partial charge in [-0.1, -0.05) is 68.5 Å². The van der Waals surface area contributed by atoms with Crippen molar-refractivity contribution in [1.29, 1.82) is 0 Å². The number of carbonyl (C=O) groups is 1. The van der Waals surface area contributed by atoms with Gasteiger partial charge >= 0.3 is 6.03 Å². The number of para-hydroxylation sites is 1. The fourth-order valence-electron chi connectivity index (χ4n) is 4.07. The van der Waals surface area contributed by atoms with E-state index in [0.29, 0.717) is 18.3 Å². The minimum atomic E-state index is -4.01. The van der Waals surface area contributed by atoms with Crippen LogP contribution in [0.1, 0.15) is 51.0 Å². The molecule has 1 saturated carbocycles. The van der Waals surface area contributed by atoms with Gasteiger partial charge in [0.1, 0.15) is 0 Å². The first-order valence-corrected chi connectivity index (χ1v) is 12.6. The summed E-state index contributed by atoms with van der Waals surface area (Å²) in [4.78, 5) is 12.6. The van der Waals surface area contributed by atoms with E-state index in [9.17, 15) is 13.2 Å². The summed E-state index contributed by atoms with van der Waals surface area (Å²) >= 11 is 6.26. The minimum Gasteiger partial charge on any atom is -0.310 e. The SMILES string of the molecule is CC(CC1CCCCC1)NCc1ccccc1N(Cl)C(=O)NS(=O)(=O)c1ccccc1. The van der Waals surface area contributed by atoms with Gasteiger partial charge in [0, 0.05) is 24.4 Å². The lowest BCUT2D eigenvalue weighted by Gasteiger charge is -2.25. The van der Waals surface area contributed by atoms with E-state index in [1.54, 1.807) is 30.3 Å². The maximum atomic E-state index is 12.6. The number of nitrogens with one attached hydrogen (secondary N) is 2. The van der Waals surface area contributed by atoms with Gasteiger partial charge in [0.15, 0.2) is 0 Å². The van der Waals surface area contributed by atoms with Gasteiger partial charge < -0.3 is 5.32 Å². The van der Waals surface area contributed by atoms with Crippen molar-refractivity contribution in [2.24, 2.45) is 5.92 Å². The summed E-state index contributed by atoms with van der Waals surface area (Å²) in [6, 6.07) is 14.3. The average Bonchev–Trinajstić information content (AvgIpc) is 2.78. The number of halogens is 1. The molecular weight excluding hydrogens is 434 g/mol. The number of sulfonamides is 1. The highest BCUT2D eigenvalue weighted by Gasteiger charge is 2.24. The van der Waals surface area contributed by atoms with Gasteiger partial charge in [-0.25, -0.2) is 22.4 Å². The summed E-state index contributed by atoms with van der Waals surface area (Å²) in [5.41, 5.74) is 1.27. The number of hydrogen-bond donors (Lipinski definition) is 2. The van der Waals surface area contributed by atoms with Crippen molar-refractivity contribution < 1.29 is 13.2 Å². The van der Waals surface area contributed by atoms with Gasteiger partial charge in [-0.05, 0) is 43.0 Å². The van der Waals surface area contributed by atoms with E-state index in [2.05, 4.69) is 12.2 Å². The predicted molar refractivity (Wildman–Crippen MR) is 124 cm³/mol. The first-order valence-electron chi connectivity index (χ1n) is 10.8. The zero-order chi connectivity index (χ0) is 22.3. The molecule has 1 aliphatic rings. The van der Waals surface area contributed by atoms with Crippen molar-refractivity contribution in [3.8, 4) is 0 Å². The molecule has 6 nitrogen and oxygen atoms in total. The summed E-state index contributed by atoms with van der Waals surface area (Å²) in [6.07, 6.45) is 7.72. The van der Waals surface area contributed by atoms with Crippen molar-refractivity contribution in [3.63, 3.8) is 0 Å². The Morgan fingerprint density at radius 1 is 1.06 bits per heavy atom. The van der Waals surface area contributed by atoms with E-state index in [-0.39, 0.29) is 4.90 Å². The molecule has 2 N–H and O–H groups in total. The lowest BCUT2D eigenvalue weighted by Crippen LogP contribution is -2.38. The first-order chi connectivity index (χ1) is 14.9. The molecule has 1 aliphatic carbocycles. The van der Waals surface area contributed by atoms with Crippen molar-refractivity contribution in [2.75, 3.05) is 4.42 Å². The van der Waals surface area contributed by atoms with Crippen molar-refractivity contribution in [2.45, 2.75) is 62.9 Å². The number of amides is 2. The molecule has 0 aliphatic heterocycles. The van der Waals surface area contributed by atoms with Crippen molar-refractivity contribution >= 4 is 33.5 Å². The maximum absolute atomic E-state index is 12.6. The number of anilines is 1. The van der Waals surface area contributed by atoms with E-state index in [1.165, 1.54) is 44.2 Å². The average molecular weight is 464 g/mol. The number of benzene rings is 2. The van der Waals surface area contributed by atoms with Gasteiger partial charge in [0.05, 0.1) is 10.6 Å². The van der Waals surface area contributed by atoms with Crippen molar-refractivity contribution in [1.82, 2.24) is 10.0 Å². The Kier molecular flexibility index (Phi) is 8.35. The third-order valence-corrected chi connectivity index (χ3v) is 7.38. The third kappa shape index (κ3) is 6.69. The maximum Gasteiger partial charge on any atom is 0.350 e. The molecule has 0 heterocycles. The molecular formula is C23H30ClN3O3S. The molecule has 0 bridgehead atoms. The number of urea groups is 1. The van der Waals surface area contributed by atoms with Crippen LogP contribution in [0.4, 0.5) is 10.5 Å². The van der Waals surface area contributed by atoms with E-state index in [1.807, 2.05) is 16.9 Å². The Balaban J connectivity index is 1.62. The minimum absolute atomic E-state index is 0.0000871. The Morgan fingerprint density at radius 3 is 2.42 bits per heavy atom. The number of rotatable bonds is 8. The van der Waals surface area contributed by atoms with Crippen LogP contribution in [0.3, 0.4) is 0 Å². The molecule has 1 fully saturated rings.